The van der Waals surface area contributed by atoms with Crippen molar-refractivity contribution in [2.45, 2.75) is 51.2 Å². The molecule has 1 aliphatic carbocycles. The van der Waals surface area contributed by atoms with E-state index in [0.717, 1.165) is 54.7 Å². The van der Waals surface area contributed by atoms with Crippen LogP contribution in [0.2, 0.25) is 0 Å². The number of rotatable bonds is 3. The van der Waals surface area contributed by atoms with Crippen molar-refractivity contribution in [3.8, 4) is 0 Å². The highest BCUT2D eigenvalue weighted by Gasteiger charge is 2.39. The smallest absolute Gasteiger partial charge is 0.162 e. The Kier molecular flexibility index (Phi) is 4.13. The Hall–Kier alpha value is -1.20. The lowest BCUT2D eigenvalue weighted by Gasteiger charge is -2.37. The van der Waals surface area contributed by atoms with Crippen molar-refractivity contribution < 1.29 is 9.47 Å². The lowest BCUT2D eigenvalue weighted by Crippen LogP contribution is -2.36. The van der Waals surface area contributed by atoms with E-state index in [-0.39, 0.29) is 5.60 Å². The molecule has 0 atom stereocenters. The van der Waals surface area contributed by atoms with Crippen LogP contribution in [-0.2, 0) is 28.1 Å². The number of aromatic nitrogens is 2. The predicted molar refractivity (Wildman–Crippen MR) is 81.3 cm³/mol. The molecular weight excluding hydrogens is 266 g/mol. The molecule has 3 rings (SSSR count). The fourth-order valence-corrected chi connectivity index (χ4v) is 3.39. The van der Waals surface area contributed by atoms with E-state index in [0.29, 0.717) is 6.61 Å². The quantitative estimate of drug-likeness (QED) is 0.928. The summed E-state index contributed by atoms with van der Waals surface area (Å²) in [5, 5.41) is 3.20. The second kappa shape index (κ2) is 5.89. The molecule has 1 aliphatic heterocycles. The summed E-state index contributed by atoms with van der Waals surface area (Å²) in [4.78, 5) is 9.63. The fourth-order valence-electron chi connectivity index (χ4n) is 3.39. The Morgan fingerprint density at radius 2 is 2.05 bits per heavy atom. The monoisotopic (exact) mass is 291 g/mol. The molecule has 0 amide bonds. The van der Waals surface area contributed by atoms with Crippen molar-refractivity contribution in [1.82, 2.24) is 9.97 Å². The van der Waals surface area contributed by atoms with Gasteiger partial charge in [0.15, 0.2) is 5.82 Å². The molecule has 0 unspecified atom stereocenters. The number of hydrogen-bond acceptors (Lipinski definition) is 5. The van der Waals surface area contributed by atoms with Gasteiger partial charge in [-0.1, -0.05) is 6.92 Å². The zero-order valence-corrected chi connectivity index (χ0v) is 13.2. The van der Waals surface area contributed by atoms with Gasteiger partial charge in [-0.05, 0) is 31.6 Å². The van der Waals surface area contributed by atoms with Gasteiger partial charge in [-0.2, -0.15) is 0 Å². The average Bonchev–Trinajstić information content (AvgIpc) is 2.55. The maximum Gasteiger partial charge on any atom is 0.162 e. The zero-order chi connectivity index (χ0) is 14.9. The number of fused-ring (bicyclic) bond motifs is 1. The molecule has 1 N–H and O–H groups in total. The molecule has 5 nitrogen and oxygen atoms in total. The van der Waals surface area contributed by atoms with Crippen LogP contribution in [0.25, 0.3) is 0 Å². The van der Waals surface area contributed by atoms with E-state index in [1.165, 1.54) is 12.8 Å². The van der Waals surface area contributed by atoms with Gasteiger partial charge >= 0.3 is 0 Å². The van der Waals surface area contributed by atoms with E-state index in [1.54, 1.807) is 7.11 Å². The largest absolute Gasteiger partial charge is 0.376 e. The van der Waals surface area contributed by atoms with Crippen LogP contribution in [-0.4, -0.2) is 30.7 Å². The standard InChI is InChI=1S/C16H25N3O2/c1-11-4-7-16(20-3,8-5-11)15-18-13-6-9-21-10-12(13)14(17-2)19-15/h11H,4-10H2,1-3H3,(H,17,18,19). The maximum atomic E-state index is 5.92. The summed E-state index contributed by atoms with van der Waals surface area (Å²) in [5.41, 5.74) is 1.90. The summed E-state index contributed by atoms with van der Waals surface area (Å²) in [6.07, 6.45) is 5.21. The molecule has 5 heteroatoms. The van der Waals surface area contributed by atoms with Crippen LogP contribution in [0.1, 0.15) is 49.7 Å². The van der Waals surface area contributed by atoms with Crippen LogP contribution in [0, 0.1) is 5.92 Å². The van der Waals surface area contributed by atoms with Gasteiger partial charge in [-0.25, -0.2) is 9.97 Å². The van der Waals surface area contributed by atoms with Gasteiger partial charge in [-0.3, -0.25) is 0 Å². The van der Waals surface area contributed by atoms with E-state index < -0.39 is 0 Å². The molecule has 21 heavy (non-hydrogen) atoms. The molecule has 0 radical (unpaired) electrons. The van der Waals surface area contributed by atoms with Crippen molar-refractivity contribution >= 4 is 5.82 Å². The van der Waals surface area contributed by atoms with E-state index in [1.807, 2.05) is 7.05 Å². The van der Waals surface area contributed by atoms with Crippen molar-refractivity contribution in [2.24, 2.45) is 5.92 Å². The van der Waals surface area contributed by atoms with Crippen LogP contribution in [0.15, 0.2) is 0 Å². The second-order valence-electron chi connectivity index (χ2n) is 6.25. The Bertz CT molecular complexity index is 493. The molecule has 0 bridgehead atoms. The molecule has 1 aromatic rings. The first-order valence-electron chi connectivity index (χ1n) is 7.89. The first-order chi connectivity index (χ1) is 10.2. The molecular formula is C16H25N3O2. The number of methoxy groups -OCH3 is 1. The van der Waals surface area contributed by atoms with Crippen molar-refractivity contribution in [2.75, 3.05) is 26.1 Å². The van der Waals surface area contributed by atoms with E-state index in [2.05, 4.69) is 12.2 Å². The first kappa shape index (κ1) is 14.7. The van der Waals surface area contributed by atoms with Gasteiger partial charge < -0.3 is 14.8 Å². The number of hydrogen-bond donors (Lipinski definition) is 1. The summed E-state index contributed by atoms with van der Waals surface area (Å²) in [7, 11) is 3.70. The number of ether oxygens (including phenoxy) is 2. The van der Waals surface area contributed by atoms with Gasteiger partial charge in [0, 0.05) is 26.1 Å². The minimum absolute atomic E-state index is 0.314. The van der Waals surface area contributed by atoms with Gasteiger partial charge in [0.05, 0.1) is 18.9 Å². The summed E-state index contributed by atoms with van der Waals surface area (Å²) < 4.78 is 11.5. The molecule has 1 saturated carbocycles. The summed E-state index contributed by atoms with van der Waals surface area (Å²) >= 11 is 0. The summed E-state index contributed by atoms with van der Waals surface area (Å²) in [6.45, 7) is 3.65. The van der Waals surface area contributed by atoms with Gasteiger partial charge in [0.25, 0.3) is 0 Å². The van der Waals surface area contributed by atoms with Crippen molar-refractivity contribution in [1.29, 1.82) is 0 Å². The van der Waals surface area contributed by atoms with Gasteiger partial charge in [0.2, 0.25) is 0 Å². The highest BCUT2D eigenvalue weighted by atomic mass is 16.5. The fraction of sp³-hybridized carbons (Fsp3) is 0.750. The van der Waals surface area contributed by atoms with Crippen LogP contribution in [0.3, 0.4) is 0 Å². The first-order valence-corrected chi connectivity index (χ1v) is 7.89. The summed E-state index contributed by atoms with van der Waals surface area (Å²) in [6, 6.07) is 0. The van der Waals surface area contributed by atoms with Gasteiger partial charge in [0.1, 0.15) is 11.4 Å². The van der Waals surface area contributed by atoms with Gasteiger partial charge in [-0.15, -0.1) is 0 Å². The Balaban J connectivity index is 2.00. The third-order valence-electron chi connectivity index (χ3n) is 4.94. The van der Waals surface area contributed by atoms with Crippen LogP contribution >= 0.6 is 0 Å². The number of nitrogens with zero attached hydrogens (tertiary/aromatic N) is 2. The Morgan fingerprint density at radius 1 is 1.29 bits per heavy atom. The number of nitrogens with one attached hydrogen (secondary N) is 1. The van der Waals surface area contributed by atoms with Crippen molar-refractivity contribution in [3.63, 3.8) is 0 Å². The Labute approximate surface area is 126 Å². The molecule has 2 aliphatic rings. The third-order valence-corrected chi connectivity index (χ3v) is 4.94. The normalized spacial score (nSPS) is 29.0. The molecule has 0 saturated heterocycles. The molecule has 116 valence electrons. The average molecular weight is 291 g/mol. The second-order valence-corrected chi connectivity index (χ2v) is 6.25. The maximum absolute atomic E-state index is 5.92. The number of anilines is 1. The van der Waals surface area contributed by atoms with E-state index in [4.69, 9.17) is 19.4 Å². The molecule has 2 heterocycles. The molecule has 0 spiro atoms. The molecule has 1 aromatic heterocycles. The third kappa shape index (κ3) is 2.64. The predicted octanol–water partition coefficient (Wildman–Crippen LogP) is 2.64. The van der Waals surface area contributed by atoms with E-state index in [9.17, 15) is 0 Å². The molecule has 1 fully saturated rings. The zero-order valence-electron chi connectivity index (χ0n) is 13.2. The summed E-state index contributed by atoms with van der Waals surface area (Å²) in [5.74, 6) is 2.51. The van der Waals surface area contributed by atoms with Crippen LogP contribution in [0.4, 0.5) is 5.82 Å². The molecule has 0 aromatic carbocycles. The lowest BCUT2D eigenvalue weighted by molar-refractivity contribution is -0.0600. The topological polar surface area (TPSA) is 56.3 Å². The highest BCUT2D eigenvalue weighted by molar-refractivity contribution is 5.47. The minimum Gasteiger partial charge on any atom is -0.376 e. The van der Waals surface area contributed by atoms with Crippen molar-refractivity contribution in [3.05, 3.63) is 17.1 Å². The lowest BCUT2D eigenvalue weighted by atomic mass is 9.78. The van der Waals surface area contributed by atoms with Crippen LogP contribution < -0.4 is 5.32 Å². The highest BCUT2D eigenvalue weighted by Crippen LogP contribution is 2.41. The SMILES string of the molecule is CNc1nc(C2(OC)CCC(C)CC2)nc2c1COCC2. The van der Waals surface area contributed by atoms with E-state index >= 15 is 0 Å². The Morgan fingerprint density at radius 3 is 2.71 bits per heavy atom. The minimum atomic E-state index is -0.314. The van der Waals surface area contributed by atoms with Crippen LogP contribution in [0.5, 0.6) is 0 Å².